The maximum atomic E-state index is 13.0. The average Bonchev–Trinajstić information content (AvgIpc) is 2.37. The number of carbonyl (C=O) groups excluding carboxylic acids is 1. The van der Waals surface area contributed by atoms with Crippen molar-refractivity contribution >= 4 is 27.5 Å². The smallest absolute Gasteiger partial charge is 0.460 e. The Balaban J connectivity index is 3.14. The van der Waals surface area contributed by atoms with Crippen LogP contribution in [0, 0.1) is 0 Å². The maximum Gasteiger partial charge on any atom is 0.460 e. The number of carbonyl (C=O) groups is 1. The van der Waals surface area contributed by atoms with E-state index in [1.54, 1.807) is 0 Å². The number of aliphatic hydroxyl groups is 1. The van der Waals surface area contributed by atoms with Crippen LogP contribution in [-0.4, -0.2) is 28.9 Å². The maximum absolute atomic E-state index is 13.0. The highest BCUT2D eigenvalue weighted by molar-refractivity contribution is 9.10. The van der Waals surface area contributed by atoms with Gasteiger partial charge in [-0.05, 0) is 12.1 Å². The molecule has 1 aromatic rings. The van der Waals surface area contributed by atoms with Crippen molar-refractivity contribution in [3.63, 3.8) is 0 Å². The lowest BCUT2D eigenvalue weighted by Crippen LogP contribution is -2.55. The van der Waals surface area contributed by atoms with Gasteiger partial charge in [0.25, 0.3) is 0 Å². The predicted octanol–water partition coefficient (Wildman–Crippen LogP) is 4.75. The molecule has 2 nitrogen and oxygen atoms in total. The number of hydrogen-bond donors (Lipinski definition) is 1. The Morgan fingerprint density at radius 1 is 1.00 bits per heavy atom. The van der Waals surface area contributed by atoms with E-state index in [1.807, 2.05) is 0 Å². The lowest BCUT2D eigenvalue weighted by Gasteiger charge is -2.26. The molecule has 0 aromatic heterocycles. The largest absolute Gasteiger partial charge is 0.507 e. The molecule has 1 N–H and O–H groups in total. The van der Waals surface area contributed by atoms with Crippen LogP contribution in [0.3, 0.4) is 0 Å². The number of alkyl halides is 7. The van der Waals surface area contributed by atoms with Crippen LogP contribution in [-0.2, 0) is 4.79 Å². The van der Waals surface area contributed by atoms with E-state index in [9.17, 15) is 40.6 Å². The fraction of sp³-hybridized carbons (Fsp3) is 0.250. The van der Waals surface area contributed by atoms with Gasteiger partial charge in [0.05, 0.1) is 0 Å². The predicted molar refractivity (Wildman–Crippen MR) is 65.7 cm³/mol. The first-order valence-electron chi connectivity index (χ1n) is 5.34. The molecule has 22 heavy (non-hydrogen) atoms. The number of halogens is 8. The lowest BCUT2D eigenvalue weighted by molar-refractivity contribution is -0.342. The van der Waals surface area contributed by atoms with Gasteiger partial charge in [-0.1, -0.05) is 28.1 Å². The monoisotopic (exact) mass is 394 g/mol. The minimum Gasteiger partial charge on any atom is -0.507 e. The van der Waals surface area contributed by atoms with Crippen LogP contribution >= 0.6 is 15.9 Å². The Labute approximate surface area is 127 Å². The van der Waals surface area contributed by atoms with Crippen molar-refractivity contribution in [2.75, 3.05) is 0 Å². The van der Waals surface area contributed by atoms with Crippen molar-refractivity contribution in [2.24, 2.45) is 0 Å². The minimum absolute atomic E-state index is 0.220. The van der Waals surface area contributed by atoms with Crippen LogP contribution in [0.2, 0.25) is 0 Å². The average molecular weight is 395 g/mol. The van der Waals surface area contributed by atoms with Gasteiger partial charge in [0.15, 0.2) is 0 Å². The van der Waals surface area contributed by atoms with Crippen molar-refractivity contribution in [3.05, 3.63) is 40.4 Å². The zero-order valence-corrected chi connectivity index (χ0v) is 11.9. The number of hydrogen-bond acceptors (Lipinski definition) is 2. The van der Waals surface area contributed by atoms with Gasteiger partial charge < -0.3 is 5.11 Å². The SMILES string of the molecule is O=C(/C=C(/O)c1ccc(Br)cc1)C(F)(F)C(F)(F)C(F)(F)F. The molecule has 0 saturated carbocycles. The molecule has 0 aliphatic heterocycles. The van der Waals surface area contributed by atoms with E-state index >= 15 is 0 Å². The van der Waals surface area contributed by atoms with Gasteiger partial charge in [0.1, 0.15) is 5.76 Å². The first-order valence-corrected chi connectivity index (χ1v) is 6.13. The van der Waals surface area contributed by atoms with Crippen LogP contribution in [0.15, 0.2) is 34.8 Å². The Hall–Kier alpha value is -1.58. The summed E-state index contributed by atoms with van der Waals surface area (Å²) in [6.45, 7) is 0. The fourth-order valence-corrected chi connectivity index (χ4v) is 1.52. The van der Waals surface area contributed by atoms with E-state index in [0.717, 1.165) is 12.1 Å². The van der Waals surface area contributed by atoms with Gasteiger partial charge in [-0.3, -0.25) is 4.79 Å². The van der Waals surface area contributed by atoms with E-state index < -0.39 is 29.6 Å². The van der Waals surface area contributed by atoms with Crippen LogP contribution in [0.4, 0.5) is 30.7 Å². The number of aliphatic hydroxyl groups excluding tert-OH is 1. The molecule has 0 aliphatic carbocycles. The molecular formula is C12H6BrF7O2. The molecule has 0 fully saturated rings. The standard InChI is InChI=1S/C12H6BrF7O2/c13-7-3-1-6(2-4-7)8(21)5-9(22)10(14,15)11(16,17)12(18,19)20/h1-5,21H/b8-5+. The number of ketones is 1. The highest BCUT2D eigenvalue weighted by atomic mass is 79.9. The van der Waals surface area contributed by atoms with Gasteiger partial charge in [-0.2, -0.15) is 30.7 Å². The summed E-state index contributed by atoms with van der Waals surface area (Å²) in [5.74, 6) is -16.6. The molecule has 0 amide bonds. The molecular weight excluding hydrogens is 389 g/mol. The molecule has 1 aromatic carbocycles. The highest BCUT2D eigenvalue weighted by Gasteiger charge is 2.75. The highest BCUT2D eigenvalue weighted by Crippen LogP contribution is 2.47. The van der Waals surface area contributed by atoms with Gasteiger partial charge >= 0.3 is 18.0 Å². The number of rotatable bonds is 4. The van der Waals surface area contributed by atoms with E-state index in [1.165, 1.54) is 12.1 Å². The summed E-state index contributed by atoms with van der Waals surface area (Å²) in [7, 11) is 0. The van der Waals surface area contributed by atoms with Crippen molar-refractivity contribution in [1.82, 2.24) is 0 Å². The first-order chi connectivity index (χ1) is 9.80. The Bertz CT molecular complexity index is 590. The molecule has 0 spiro atoms. The Morgan fingerprint density at radius 2 is 1.45 bits per heavy atom. The summed E-state index contributed by atoms with van der Waals surface area (Å²) in [4.78, 5) is 11.0. The second-order valence-electron chi connectivity index (χ2n) is 4.05. The molecule has 0 heterocycles. The topological polar surface area (TPSA) is 37.3 Å². The summed E-state index contributed by atoms with van der Waals surface area (Å²) >= 11 is 3.01. The molecule has 0 saturated heterocycles. The van der Waals surface area contributed by atoms with Crippen LogP contribution in [0.5, 0.6) is 0 Å². The van der Waals surface area contributed by atoms with E-state index in [0.29, 0.717) is 4.47 Å². The quantitative estimate of drug-likeness (QED) is 0.454. The normalized spacial score (nSPS) is 14.1. The second kappa shape index (κ2) is 5.90. The summed E-state index contributed by atoms with van der Waals surface area (Å²) in [5, 5.41) is 9.38. The second-order valence-corrected chi connectivity index (χ2v) is 4.96. The summed E-state index contributed by atoms with van der Waals surface area (Å²) in [6.07, 6.45) is -6.99. The van der Waals surface area contributed by atoms with Crippen LogP contribution in [0.25, 0.3) is 5.76 Å². The third-order valence-corrected chi connectivity index (χ3v) is 3.00. The zero-order valence-electron chi connectivity index (χ0n) is 10.3. The van der Waals surface area contributed by atoms with E-state index in [2.05, 4.69) is 15.9 Å². The van der Waals surface area contributed by atoms with E-state index in [-0.39, 0.29) is 11.6 Å². The molecule has 0 radical (unpaired) electrons. The van der Waals surface area contributed by atoms with Crippen molar-refractivity contribution in [2.45, 2.75) is 18.0 Å². The first kappa shape index (κ1) is 18.5. The summed E-state index contributed by atoms with van der Waals surface area (Å²) < 4.78 is 87.7. The Morgan fingerprint density at radius 3 is 1.86 bits per heavy atom. The molecule has 122 valence electrons. The van der Waals surface area contributed by atoms with Gasteiger partial charge in [-0.25, -0.2) is 0 Å². The molecule has 0 atom stereocenters. The van der Waals surface area contributed by atoms with E-state index in [4.69, 9.17) is 0 Å². The zero-order chi connectivity index (χ0) is 17.3. The minimum atomic E-state index is -6.62. The van der Waals surface area contributed by atoms with Gasteiger partial charge in [0.2, 0.25) is 5.78 Å². The molecule has 0 aliphatic rings. The van der Waals surface area contributed by atoms with Crippen molar-refractivity contribution < 1.29 is 40.6 Å². The third kappa shape index (κ3) is 3.42. The summed E-state index contributed by atoms with van der Waals surface area (Å²) in [6, 6.07) is 4.91. The van der Waals surface area contributed by atoms with Crippen LogP contribution < -0.4 is 0 Å². The Kier molecular flexibility index (Phi) is 4.95. The summed E-state index contributed by atoms with van der Waals surface area (Å²) in [5.41, 5.74) is -0.220. The van der Waals surface area contributed by atoms with Gasteiger partial charge in [0, 0.05) is 16.1 Å². The molecule has 0 unspecified atom stereocenters. The molecule has 1 rings (SSSR count). The fourth-order valence-electron chi connectivity index (χ4n) is 1.25. The number of allylic oxidation sites excluding steroid dienone is 1. The van der Waals surface area contributed by atoms with Gasteiger partial charge in [-0.15, -0.1) is 0 Å². The third-order valence-electron chi connectivity index (χ3n) is 2.47. The number of benzene rings is 1. The molecule has 10 heteroatoms. The molecule has 0 bridgehead atoms. The van der Waals surface area contributed by atoms with Crippen LogP contribution in [0.1, 0.15) is 5.56 Å². The lowest BCUT2D eigenvalue weighted by atomic mass is 10.0. The van der Waals surface area contributed by atoms with Crippen molar-refractivity contribution in [3.8, 4) is 0 Å². The van der Waals surface area contributed by atoms with Crippen molar-refractivity contribution in [1.29, 1.82) is 0 Å².